The third-order valence-electron chi connectivity index (χ3n) is 10.4. The average Bonchev–Trinajstić information content (AvgIpc) is 3.18. The van der Waals surface area contributed by atoms with Gasteiger partial charge in [0, 0.05) is 83.7 Å². The van der Waals surface area contributed by atoms with Gasteiger partial charge in [-0.05, 0) is 109 Å². The fraction of sp³-hybridized carbons (Fsp3) is 0.897. The molecule has 4 atom stereocenters. The summed E-state index contributed by atoms with van der Waals surface area (Å²) in [6.45, 7) is 9.89. The minimum absolute atomic E-state index is 0.137. The van der Waals surface area contributed by atoms with Gasteiger partial charge in [0.2, 0.25) is 5.91 Å². The molecule has 15 heteroatoms. The van der Waals surface area contributed by atoms with Gasteiger partial charge in [0.25, 0.3) is 0 Å². The van der Waals surface area contributed by atoms with E-state index < -0.39 is 0 Å². The summed E-state index contributed by atoms with van der Waals surface area (Å²) in [5.74, 6) is 0.512. The van der Waals surface area contributed by atoms with Crippen molar-refractivity contribution in [2.24, 2.45) is 5.92 Å². The summed E-state index contributed by atoms with van der Waals surface area (Å²) in [5, 5.41) is 35.4. The summed E-state index contributed by atoms with van der Waals surface area (Å²) >= 11 is 0. The third kappa shape index (κ3) is 18.6. The molecule has 0 aromatic rings. The number of hydrogen-bond acceptors (Lipinski definition) is 11. The maximum Gasteiger partial charge on any atom is 0.410 e. The molecular formula is C39H74N4O11. The molecule has 0 bridgehead atoms. The van der Waals surface area contributed by atoms with E-state index in [9.17, 15) is 19.2 Å². The lowest BCUT2D eigenvalue weighted by Crippen LogP contribution is -2.44. The number of likely N-dealkylation sites (tertiary alicyclic amines) is 4. The van der Waals surface area contributed by atoms with Crippen molar-refractivity contribution >= 4 is 24.2 Å². The van der Waals surface area contributed by atoms with Crippen LogP contribution >= 0.6 is 0 Å². The van der Waals surface area contributed by atoms with Gasteiger partial charge in [-0.25, -0.2) is 14.4 Å². The van der Waals surface area contributed by atoms with E-state index in [4.69, 9.17) is 25.2 Å². The van der Waals surface area contributed by atoms with Crippen LogP contribution < -0.4 is 0 Å². The van der Waals surface area contributed by atoms with Crippen LogP contribution in [0.2, 0.25) is 0 Å². The van der Waals surface area contributed by atoms with Gasteiger partial charge >= 0.3 is 18.3 Å². The van der Waals surface area contributed by atoms with Crippen molar-refractivity contribution in [3.05, 3.63) is 0 Å². The molecule has 4 amide bonds. The summed E-state index contributed by atoms with van der Waals surface area (Å²) in [6.07, 6.45) is 14.8. The number of amides is 4. The molecule has 4 saturated heterocycles. The van der Waals surface area contributed by atoms with E-state index in [-0.39, 0.29) is 68.7 Å². The highest BCUT2D eigenvalue weighted by Crippen LogP contribution is 2.23. The van der Waals surface area contributed by atoms with E-state index in [2.05, 4.69) is 9.47 Å². The van der Waals surface area contributed by atoms with Gasteiger partial charge in [-0.15, -0.1) is 0 Å². The Morgan fingerprint density at radius 3 is 1.09 bits per heavy atom. The molecule has 4 N–H and O–H groups in total. The average molecular weight is 775 g/mol. The van der Waals surface area contributed by atoms with Gasteiger partial charge in [0.15, 0.2) is 0 Å². The van der Waals surface area contributed by atoms with E-state index in [1.54, 1.807) is 21.6 Å². The van der Waals surface area contributed by atoms with Gasteiger partial charge in [-0.3, -0.25) is 4.79 Å². The van der Waals surface area contributed by atoms with Crippen molar-refractivity contribution in [2.75, 3.05) is 73.4 Å². The second-order valence-electron chi connectivity index (χ2n) is 14.9. The number of methoxy groups -OCH3 is 2. The number of carbonyl (C=O) groups excluding carboxylic acids is 4. The molecule has 4 rings (SSSR count). The molecule has 54 heavy (non-hydrogen) atoms. The SMILES string of the molecule is CC(=O)N1CCCCC1CCO.CC(C)COC(=O)N1CCCCC1CCO.COC(=O)N1CCCCC1CCO.COC(=O)N1CCCCC1CCO. The predicted octanol–water partition coefficient (Wildman–Crippen LogP) is 4.77. The summed E-state index contributed by atoms with van der Waals surface area (Å²) in [4.78, 5) is 52.6. The highest BCUT2D eigenvalue weighted by molar-refractivity contribution is 5.73. The maximum absolute atomic E-state index is 11.8. The molecule has 0 saturated carbocycles. The zero-order valence-corrected chi connectivity index (χ0v) is 34.0. The van der Waals surface area contributed by atoms with Crippen molar-refractivity contribution in [3.8, 4) is 0 Å². The van der Waals surface area contributed by atoms with Gasteiger partial charge < -0.3 is 54.2 Å². The third-order valence-corrected chi connectivity index (χ3v) is 10.4. The number of aliphatic hydroxyl groups excluding tert-OH is 4. The molecule has 4 unspecified atom stereocenters. The van der Waals surface area contributed by atoms with Gasteiger partial charge in [0.05, 0.1) is 20.8 Å². The number of hydrogen-bond donors (Lipinski definition) is 4. The van der Waals surface area contributed by atoms with Crippen molar-refractivity contribution < 1.29 is 53.8 Å². The molecule has 0 aromatic carbocycles. The Morgan fingerprint density at radius 2 is 0.815 bits per heavy atom. The summed E-state index contributed by atoms with van der Waals surface area (Å²) in [7, 11) is 2.79. The van der Waals surface area contributed by atoms with Crippen LogP contribution in [0.1, 0.15) is 124 Å². The summed E-state index contributed by atoms with van der Waals surface area (Å²) in [6, 6.07) is 0.803. The first-order chi connectivity index (χ1) is 26.0. The molecular weight excluding hydrogens is 700 g/mol. The predicted molar refractivity (Wildman–Crippen MR) is 206 cm³/mol. The fourth-order valence-electron chi connectivity index (χ4n) is 7.49. The largest absolute Gasteiger partial charge is 0.453 e. The Morgan fingerprint density at radius 1 is 0.519 bits per heavy atom. The molecule has 15 nitrogen and oxygen atoms in total. The van der Waals surface area contributed by atoms with Crippen LogP contribution in [-0.2, 0) is 19.0 Å². The van der Waals surface area contributed by atoms with Crippen molar-refractivity contribution in [2.45, 2.75) is 148 Å². The number of nitrogens with zero attached hydrogens (tertiary/aromatic N) is 4. The number of ether oxygens (including phenoxy) is 3. The second kappa shape index (κ2) is 29.4. The first-order valence-corrected chi connectivity index (χ1v) is 20.3. The van der Waals surface area contributed by atoms with Crippen molar-refractivity contribution in [3.63, 3.8) is 0 Å². The van der Waals surface area contributed by atoms with Crippen LogP contribution in [-0.4, -0.2) is 162 Å². The standard InChI is InChI=1S/C12H23NO3.2C9H17NO3.C9H17NO2/c1-10(2)9-16-12(15)13-7-4-3-5-11(13)6-8-14;2*1-13-9(12)10-6-3-2-4-8(10)5-7-11;1-8(12)10-6-3-2-4-9(10)5-7-11/h10-11,14H,3-9H2,1-2H3;2*8,11H,2-7H2,1H3;9,11H,2-7H2,1H3. The minimum Gasteiger partial charge on any atom is -0.453 e. The maximum atomic E-state index is 11.8. The van der Waals surface area contributed by atoms with Crippen LogP contribution in [0, 0.1) is 5.92 Å². The van der Waals surface area contributed by atoms with E-state index in [0.717, 1.165) is 103 Å². The molecule has 0 radical (unpaired) electrons. The van der Waals surface area contributed by atoms with E-state index in [1.165, 1.54) is 20.6 Å². The Balaban J connectivity index is 0.000000362. The van der Waals surface area contributed by atoms with E-state index in [1.807, 2.05) is 18.7 Å². The summed E-state index contributed by atoms with van der Waals surface area (Å²) < 4.78 is 14.6. The normalized spacial score (nSPS) is 22.7. The molecule has 316 valence electrons. The Bertz CT molecular complexity index is 991. The lowest BCUT2D eigenvalue weighted by atomic mass is 10.00. The second-order valence-corrected chi connectivity index (χ2v) is 14.9. The lowest BCUT2D eigenvalue weighted by Gasteiger charge is -2.34. The van der Waals surface area contributed by atoms with E-state index in [0.29, 0.717) is 37.8 Å². The topological polar surface area (TPSA) is 190 Å². The van der Waals surface area contributed by atoms with Crippen LogP contribution in [0.5, 0.6) is 0 Å². The number of aliphatic hydroxyl groups is 4. The Hall–Kier alpha value is -2.88. The Labute approximate surface area is 324 Å². The molecule has 4 aliphatic rings. The first-order valence-electron chi connectivity index (χ1n) is 20.3. The highest BCUT2D eigenvalue weighted by Gasteiger charge is 2.29. The molecule has 4 aliphatic heterocycles. The molecule has 0 aromatic heterocycles. The van der Waals surface area contributed by atoms with Crippen LogP contribution in [0.15, 0.2) is 0 Å². The van der Waals surface area contributed by atoms with Crippen molar-refractivity contribution in [1.29, 1.82) is 0 Å². The Kier molecular flexibility index (Phi) is 26.8. The zero-order chi connectivity index (χ0) is 40.3. The van der Waals surface area contributed by atoms with Crippen molar-refractivity contribution in [1.82, 2.24) is 19.6 Å². The quantitative estimate of drug-likeness (QED) is 0.224. The molecule has 4 fully saturated rings. The highest BCUT2D eigenvalue weighted by atomic mass is 16.6. The number of piperidine rings is 4. The van der Waals surface area contributed by atoms with Gasteiger partial charge in [-0.1, -0.05) is 13.8 Å². The van der Waals surface area contributed by atoms with Gasteiger partial charge in [0.1, 0.15) is 0 Å². The monoisotopic (exact) mass is 775 g/mol. The van der Waals surface area contributed by atoms with Crippen LogP contribution in [0.25, 0.3) is 0 Å². The first kappa shape index (κ1) is 49.1. The number of carbonyl (C=O) groups is 4. The molecule has 4 heterocycles. The van der Waals surface area contributed by atoms with Crippen LogP contribution in [0.3, 0.4) is 0 Å². The molecule has 0 aliphatic carbocycles. The lowest BCUT2D eigenvalue weighted by molar-refractivity contribution is -0.132. The molecule has 0 spiro atoms. The van der Waals surface area contributed by atoms with Crippen LogP contribution in [0.4, 0.5) is 14.4 Å². The van der Waals surface area contributed by atoms with Gasteiger partial charge in [-0.2, -0.15) is 0 Å². The fourth-order valence-corrected chi connectivity index (χ4v) is 7.49. The zero-order valence-electron chi connectivity index (χ0n) is 34.0. The smallest absolute Gasteiger partial charge is 0.410 e. The summed E-state index contributed by atoms with van der Waals surface area (Å²) in [5.41, 5.74) is 0. The number of rotatable bonds is 10. The van der Waals surface area contributed by atoms with E-state index >= 15 is 0 Å². The minimum atomic E-state index is -0.266.